The molecule has 1 aromatic carbocycles. The first-order chi connectivity index (χ1) is 9.93. The third-order valence-corrected chi connectivity index (χ3v) is 5.55. The Hall–Kier alpha value is -0.910. The van der Waals surface area contributed by atoms with Crippen molar-refractivity contribution in [2.24, 2.45) is 0 Å². The molecule has 2 rings (SSSR count). The van der Waals surface area contributed by atoms with E-state index >= 15 is 0 Å². The zero-order valence-corrected chi connectivity index (χ0v) is 13.7. The van der Waals surface area contributed by atoms with Gasteiger partial charge in [0.2, 0.25) is 5.91 Å². The molecule has 2 unspecified atom stereocenters. The fourth-order valence-electron chi connectivity index (χ4n) is 2.32. The molecule has 114 valence electrons. The number of amides is 1. The SMILES string of the molecule is CCC1SCC(C(=O)O)N1C(=O)Cc1ccc(Cl)c(Cl)c1. The third-order valence-electron chi connectivity index (χ3n) is 3.35. The van der Waals surface area contributed by atoms with Crippen molar-refractivity contribution in [2.75, 3.05) is 5.75 Å². The van der Waals surface area contributed by atoms with Crippen LogP contribution in [0.1, 0.15) is 18.9 Å². The lowest BCUT2D eigenvalue weighted by atomic mass is 10.1. The van der Waals surface area contributed by atoms with Gasteiger partial charge in [0.1, 0.15) is 6.04 Å². The van der Waals surface area contributed by atoms with Crippen LogP contribution >= 0.6 is 35.0 Å². The Bertz CT molecular complexity index is 567. The van der Waals surface area contributed by atoms with Gasteiger partial charge in [-0.05, 0) is 24.1 Å². The zero-order valence-electron chi connectivity index (χ0n) is 11.4. The summed E-state index contributed by atoms with van der Waals surface area (Å²) in [6.07, 6.45) is 0.847. The van der Waals surface area contributed by atoms with Crippen LogP contribution in [0.25, 0.3) is 0 Å². The van der Waals surface area contributed by atoms with Crippen LogP contribution in [-0.2, 0) is 16.0 Å². The lowest BCUT2D eigenvalue weighted by Gasteiger charge is -2.26. The van der Waals surface area contributed by atoms with Gasteiger partial charge < -0.3 is 10.0 Å². The van der Waals surface area contributed by atoms with Crippen LogP contribution in [-0.4, -0.2) is 39.1 Å². The van der Waals surface area contributed by atoms with Gasteiger partial charge in [-0.1, -0.05) is 36.2 Å². The van der Waals surface area contributed by atoms with Crippen LogP contribution in [0.3, 0.4) is 0 Å². The number of carbonyl (C=O) groups is 2. The molecule has 2 atom stereocenters. The summed E-state index contributed by atoms with van der Waals surface area (Å²) in [6, 6.07) is 4.25. The van der Waals surface area contributed by atoms with Crippen LogP contribution in [0.15, 0.2) is 18.2 Å². The van der Waals surface area contributed by atoms with E-state index in [2.05, 4.69) is 0 Å². The largest absolute Gasteiger partial charge is 0.480 e. The predicted molar refractivity (Wildman–Crippen MR) is 85.0 cm³/mol. The van der Waals surface area contributed by atoms with Gasteiger partial charge in [0.15, 0.2) is 0 Å². The van der Waals surface area contributed by atoms with Crippen molar-refractivity contribution in [3.8, 4) is 0 Å². The molecule has 1 heterocycles. The molecule has 0 saturated carbocycles. The van der Waals surface area contributed by atoms with Gasteiger partial charge >= 0.3 is 5.97 Å². The summed E-state index contributed by atoms with van der Waals surface area (Å²) < 4.78 is 0. The first-order valence-corrected chi connectivity index (χ1v) is 8.34. The van der Waals surface area contributed by atoms with E-state index in [-0.39, 0.29) is 17.7 Å². The summed E-state index contributed by atoms with van der Waals surface area (Å²) in [5.74, 6) is -0.723. The number of halogens is 2. The van der Waals surface area contributed by atoms with E-state index in [1.54, 1.807) is 18.2 Å². The number of hydrogen-bond donors (Lipinski definition) is 1. The average Bonchev–Trinajstić information content (AvgIpc) is 2.87. The highest BCUT2D eigenvalue weighted by Crippen LogP contribution is 2.32. The van der Waals surface area contributed by atoms with E-state index in [9.17, 15) is 14.7 Å². The number of nitrogens with zero attached hydrogens (tertiary/aromatic N) is 1. The Morgan fingerprint density at radius 2 is 2.10 bits per heavy atom. The van der Waals surface area contributed by atoms with E-state index in [1.807, 2.05) is 6.92 Å². The van der Waals surface area contributed by atoms with Crippen LogP contribution in [0, 0.1) is 0 Å². The van der Waals surface area contributed by atoms with Gasteiger partial charge in [0.25, 0.3) is 0 Å². The number of carbonyl (C=O) groups excluding carboxylic acids is 1. The maximum absolute atomic E-state index is 12.5. The van der Waals surface area contributed by atoms with E-state index in [4.69, 9.17) is 23.2 Å². The molecule has 1 aliphatic heterocycles. The molecule has 0 spiro atoms. The van der Waals surface area contributed by atoms with Crippen molar-refractivity contribution in [3.05, 3.63) is 33.8 Å². The number of thioether (sulfide) groups is 1. The number of carboxylic acids is 1. The molecular formula is C14H15Cl2NO3S. The number of hydrogen-bond acceptors (Lipinski definition) is 3. The molecule has 0 radical (unpaired) electrons. The average molecular weight is 348 g/mol. The summed E-state index contributed by atoms with van der Waals surface area (Å²) in [6.45, 7) is 1.95. The molecule has 0 aromatic heterocycles. The molecule has 7 heteroatoms. The van der Waals surface area contributed by atoms with Crippen LogP contribution in [0.5, 0.6) is 0 Å². The normalized spacial score (nSPS) is 21.6. The monoisotopic (exact) mass is 347 g/mol. The molecule has 1 aromatic rings. The van der Waals surface area contributed by atoms with Crippen LogP contribution in [0.4, 0.5) is 0 Å². The quantitative estimate of drug-likeness (QED) is 0.907. The molecule has 1 aliphatic rings. The number of rotatable bonds is 4. The fraction of sp³-hybridized carbons (Fsp3) is 0.429. The van der Waals surface area contributed by atoms with Crippen LogP contribution in [0.2, 0.25) is 10.0 Å². The Morgan fingerprint density at radius 1 is 1.38 bits per heavy atom. The standard InChI is InChI=1S/C14H15Cl2NO3S/c1-2-13-17(11(7-21-13)14(19)20)12(18)6-8-3-4-9(15)10(16)5-8/h3-5,11,13H,2,6-7H2,1H3,(H,19,20). The lowest BCUT2D eigenvalue weighted by Crippen LogP contribution is -2.46. The second-order valence-electron chi connectivity index (χ2n) is 4.78. The van der Waals surface area contributed by atoms with Gasteiger partial charge in [-0.15, -0.1) is 11.8 Å². The zero-order chi connectivity index (χ0) is 15.6. The van der Waals surface area contributed by atoms with Gasteiger partial charge in [0.05, 0.1) is 21.8 Å². The van der Waals surface area contributed by atoms with E-state index in [0.29, 0.717) is 15.8 Å². The highest BCUT2D eigenvalue weighted by Gasteiger charge is 2.40. The summed E-state index contributed by atoms with van der Waals surface area (Å²) >= 11 is 13.3. The maximum atomic E-state index is 12.5. The van der Waals surface area contributed by atoms with Crippen molar-refractivity contribution < 1.29 is 14.7 Å². The Balaban J connectivity index is 2.16. The number of carboxylic acid groups (broad SMARTS) is 1. The van der Waals surface area contributed by atoms with Crippen molar-refractivity contribution in [2.45, 2.75) is 31.2 Å². The Labute approximate surface area is 137 Å². The summed E-state index contributed by atoms with van der Waals surface area (Å²) in [5.41, 5.74) is 0.727. The van der Waals surface area contributed by atoms with Crippen molar-refractivity contribution in [3.63, 3.8) is 0 Å². The van der Waals surface area contributed by atoms with E-state index < -0.39 is 12.0 Å². The third kappa shape index (κ3) is 3.65. The summed E-state index contributed by atoms with van der Waals surface area (Å²) in [7, 11) is 0. The molecule has 0 aliphatic carbocycles. The molecule has 1 fully saturated rings. The minimum absolute atomic E-state index is 0.0821. The first kappa shape index (κ1) is 16.5. The van der Waals surface area contributed by atoms with E-state index in [1.165, 1.54) is 16.7 Å². The van der Waals surface area contributed by atoms with Crippen molar-refractivity contribution in [1.82, 2.24) is 4.90 Å². The number of benzene rings is 1. The van der Waals surface area contributed by atoms with Gasteiger partial charge in [0, 0.05) is 5.75 Å². The molecular weight excluding hydrogens is 333 g/mol. The Kier molecular flexibility index (Phi) is 5.41. The van der Waals surface area contributed by atoms with Gasteiger partial charge in [-0.3, -0.25) is 4.79 Å². The fourth-order valence-corrected chi connectivity index (χ4v) is 4.01. The second-order valence-corrected chi connectivity index (χ2v) is 6.80. The topological polar surface area (TPSA) is 57.6 Å². The van der Waals surface area contributed by atoms with E-state index in [0.717, 1.165) is 12.0 Å². The van der Waals surface area contributed by atoms with Gasteiger partial charge in [-0.2, -0.15) is 0 Å². The maximum Gasteiger partial charge on any atom is 0.327 e. The second kappa shape index (κ2) is 6.90. The number of aliphatic carboxylic acids is 1. The predicted octanol–water partition coefficient (Wildman–Crippen LogP) is 3.30. The highest BCUT2D eigenvalue weighted by atomic mass is 35.5. The van der Waals surface area contributed by atoms with Gasteiger partial charge in [-0.25, -0.2) is 4.79 Å². The van der Waals surface area contributed by atoms with Crippen molar-refractivity contribution in [1.29, 1.82) is 0 Å². The smallest absolute Gasteiger partial charge is 0.327 e. The minimum Gasteiger partial charge on any atom is -0.480 e. The first-order valence-electron chi connectivity index (χ1n) is 6.53. The van der Waals surface area contributed by atoms with Crippen LogP contribution < -0.4 is 0 Å². The molecule has 0 bridgehead atoms. The molecule has 1 amide bonds. The Morgan fingerprint density at radius 3 is 2.67 bits per heavy atom. The minimum atomic E-state index is -0.957. The van der Waals surface area contributed by atoms with Crippen molar-refractivity contribution >= 4 is 46.8 Å². The molecule has 1 N–H and O–H groups in total. The molecule has 4 nitrogen and oxygen atoms in total. The molecule has 21 heavy (non-hydrogen) atoms. The highest BCUT2D eigenvalue weighted by molar-refractivity contribution is 8.00. The summed E-state index contributed by atoms with van der Waals surface area (Å²) in [5, 5.41) is 9.98. The summed E-state index contributed by atoms with van der Waals surface area (Å²) in [4.78, 5) is 25.2. The molecule has 1 saturated heterocycles. The lowest BCUT2D eigenvalue weighted by molar-refractivity contribution is -0.148.